The zero-order chi connectivity index (χ0) is 19.5. The topological polar surface area (TPSA) is 89.3 Å². The number of benzene rings is 2. The summed E-state index contributed by atoms with van der Waals surface area (Å²) >= 11 is 1.51. The average Bonchev–Trinajstić information content (AvgIpc) is 3.15. The van der Waals surface area contributed by atoms with E-state index in [1.165, 1.54) is 17.3 Å². The van der Waals surface area contributed by atoms with E-state index in [4.69, 9.17) is 4.74 Å². The van der Waals surface area contributed by atoms with Gasteiger partial charge >= 0.3 is 5.97 Å². The molecule has 4 rings (SSSR count). The van der Waals surface area contributed by atoms with Gasteiger partial charge in [-0.25, -0.2) is 9.48 Å². The monoisotopic (exact) mass is 394 g/mol. The van der Waals surface area contributed by atoms with E-state index in [0.29, 0.717) is 11.1 Å². The van der Waals surface area contributed by atoms with E-state index in [1.807, 2.05) is 54.6 Å². The Bertz CT molecular complexity index is 1020. The van der Waals surface area contributed by atoms with Crippen LogP contribution in [0, 0.1) is 0 Å². The number of carboxylic acids is 1. The van der Waals surface area contributed by atoms with Crippen molar-refractivity contribution in [1.29, 1.82) is 0 Å². The molecule has 0 saturated heterocycles. The molecule has 7 nitrogen and oxygen atoms in total. The van der Waals surface area contributed by atoms with Crippen LogP contribution >= 0.6 is 11.8 Å². The van der Waals surface area contributed by atoms with Crippen molar-refractivity contribution in [2.45, 2.75) is 17.0 Å². The molecule has 2 aromatic carbocycles. The predicted molar refractivity (Wildman–Crippen MR) is 106 cm³/mol. The Morgan fingerprint density at radius 1 is 1.21 bits per heavy atom. The van der Waals surface area contributed by atoms with Gasteiger partial charge in [0.1, 0.15) is 17.5 Å². The second kappa shape index (κ2) is 7.77. The first-order valence-corrected chi connectivity index (χ1v) is 9.62. The highest BCUT2D eigenvalue weighted by molar-refractivity contribution is 7.98. The number of allylic oxidation sites excluding steroid dienone is 1. The van der Waals surface area contributed by atoms with Crippen LogP contribution in [0.5, 0.6) is 5.75 Å². The molecule has 0 unspecified atom stereocenters. The highest BCUT2D eigenvalue weighted by Crippen LogP contribution is 2.32. The van der Waals surface area contributed by atoms with E-state index in [2.05, 4.69) is 15.4 Å². The normalized spacial score (nSPS) is 15.3. The van der Waals surface area contributed by atoms with Gasteiger partial charge in [-0.3, -0.25) is 0 Å². The molecule has 1 aromatic heterocycles. The Balaban J connectivity index is 1.63. The molecule has 142 valence electrons. The molecule has 8 heteroatoms. The number of methoxy groups -OCH3 is 1. The molecule has 0 aliphatic carbocycles. The van der Waals surface area contributed by atoms with Gasteiger partial charge in [0.2, 0.25) is 11.1 Å². The summed E-state index contributed by atoms with van der Waals surface area (Å²) in [4.78, 5) is 16.0. The Kier molecular flexibility index (Phi) is 5.03. The van der Waals surface area contributed by atoms with Gasteiger partial charge in [0, 0.05) is 5.75 Å². The summed E-state index contributed by atoms with van der Waals surface area (Å²) < 4.78 is 6.91. The molecule has 3 aromatic rings. The van der Waals surface area contributed by atoms with Gasteiger partial charge in [-0.15, -0.1) is 5.10 Å². The van der Waals surface area contributed by atoms with Gasteiger partial charge in [0.05, 0.1) is 7.11 Å². The quantitative estimate of drug-likeness (QED) is 0.618. The highest BCUT2D eigenvalue weighted by atomic mass is 32.2. The summed E-state index contributed by atoms with van der Waals surface area (Å²) in [5, 5.41) is 17.5. The molecule has 2 heterocycles. The Hall–Kier alpha value is -3.26. The van der Waals surface area contributed by atoms with Crippen LogP contribution in [0.2, 0.25) is 0 Å². The number of fused-ring (bicyclic) bond motifs is 1. The maximum absolute atomic E-state index is 11.5. The van der Waals surface area contributed by atoms with Crippen molar-refractivity contribution in [2.24, 2.45) is 0 Å². The second-order valence-electron chi connectivity index (χ2n) is 6.17. The van der Waals surface area contributed by atoms with Gasteiger partial charge in [-0.1, -0.05) is 54.2 Å². The first kappa shape index (κ1) is 18.1. The number of aliphatic carboxylic acids is 1. The smallest absolute Gasteiger partial charge is 0.352 e. The van der Waals surface area contributed by atoms with Crippen LogP contribution < -0.4 is 10.1 Å². The van der Waals surface area contributed by atoms with Gasteiger partial charge in [0.25, 0.3) is 0 Å². The number of thioether (sulfide) groups is 1. The molecular formula is C20H18N4O3S. The Morgan fingerprint density at radius 2 is 1.96 bits per heavy atom. The Morgan fingerprint density at radius 3 is 2.64 bits per heavy atom. The van der Waals surface area contributed by atoms with E-state index in [1.54, 1.807) is 17.9 Å². The fraction of sp³-hybridized carbons (Fsp3) is 0.150. The van der Waals surface area contributed by atoms with Crippen LogP contribution in [0.4, 0.5) is 5.95 Å². The summed E-state index contributed by atoms with van der Waals surface area (Å²) in [5.41, 5.74) is 2.15. The molecule has 0 spiro atoms. The number of carboxylic acid groups (broad SMARTS) is 1. The number of rotatable bonds is 6. The van der Waals surface area contributed by atoms with Crippen LogP contribution in [-0.2, 0) is 10.5 Å². The molecule has 0 bridgehead atoms. The lowest BCUT2D eigenvalue weighted by molar-refractivity contribution is -0.132. The van der Waals surface area contributed by atoms with Crippen LogP contribution in [0.3, 0.4) is 0 Å². The molecule has 0 fully saturated rings. The van der Waals surface area contributed by atoms with E-state index in [-0.39, 0.29) is 11.7 Å². The second-order valence-corrected chi connectivity index (χ2v) is 7.11. The standard InChI is InChI=1S/C20H18N4O3S/c1-27-15-9-7-14(8-10-15)17-11-16(18(25)26)21-19-22-20(23-24(17)19)28-12-13-5-3-2-4-6-13/h2-11,17H,12H2,1H3,(H,25,26)(H,21,22,23)/t17-/m1/s1. The molecule has 28 heavy (non-hydrogen) atoms. The molecular weight excluding hydrogens is 376 g/mol. The van der Waals surface area contributed by atoms with Crippen LogP contribution in [-0.4, -0.2) is 33.0 Å². The molecule has 0 amide bonds. The van der Waals surface area contributed by atoms with Gasteiger partial charge < -0.3 is 15.2 Å². The average molecular weight is 394 g/mol. The van der Waals surface area contributed by atoms with Crippen LogP contribution in [0.15, 0.2) is 71.5 Å². The van der Waals surface area contributed by atoms with Crippen molar-refractivity contribution in [3.8, 4) is 5.75 Å². The zero-order valence-corrected chi connectivity index (χ0v) is 15.9. The fourth-order valence-corrected chi connectivity index (χ4v) is 3.70. The SMILES string of the molecule is COc1ccc([C@H]2C=C(C(=O)O)Nc3nc(SCc4ccccc4)nn32)cc1. The van der Waals surface area contributed by atoms with Crippen molar-refractivity contribution in [3.63, 3.8) is 0 Å². The molecule has 0 saturated carbocycles. The van der Waals surface area contributed by atoms with E-state index < -0.39 is 5.97 Å². The van der Waals surface area contributed by atoms with Crippen molar-refractivity contribution in [1.82, 2.24) is 14.8 Å². The van der Waals surface area contributed by atoms with Crippen molar-refractivity contribution >= 4 is 23.7 Å². The van der Waals surface area contributed by atoms with Gasteiger partial charge in [0.15, 0.2) is 0 Å². The highest BCUT2D eigenvalue weighted by Gasteiger charge is 2.27. The lowest BCUT2D eigenvalue weighted by atomic mass is 10.0. The molecule has 2 N–H and O–H groups in total. The van der Waals surface area contributed by atoms with Crippen molar-refractivity contribution in [3.05, 3.63) is 77.5 Å². The number of ether oxygens (including phenoxy) is 1. The molecule has 1 aliphatic heterocycles. The van der Waals surface area contributed by atoms with Crippen molar-refractivity contribution < 1.29 is 14.6 Å². The first-order valence-electron chi connectivity index (χ1n) is 8.63. The number of hydrogen-bond acceptors (Lipinski definition) is 6. The maximum Gasteiger partial charge on any atom is 0.352 e. The third-order valence-electron chi connectivity index (χ3n) is 4.34. The molecule has 1 aliphatic rings. The molecule has 1 atom stereocenters. The zero-order valence-electron chi connectivity index (χ0n) is 15.1. The van der Waals surface area contributed by atoms with E-state index in [0.717, 1.165) is 17.1 Å². The van der Waals surface area contributed by atoms with E-state index >= 15 is 0 Å². The first-order chi connectivity index (χ1) is 13.6. The van der Waals surface area contributed by atoms with Crippen LogP contribution in [0.25, 0.3) is 0 Å². The number of carbonyl (C=O) groups is 1. The van der Waals surface area contributed by atoms with Gasteiger partial charge in [-0.05, 0) is 29.3 Å². The molecule has 0 radical (unpaired) electrons. The predicted octanol–water partition coefficient (Wildman–Crippen LogP) is 3.56. The minimum Gasteiger partial charge on any atom is -0.497 e. The minimum absolute atomic E-state index is 0.0836. The summed E-state index contributed by atoms with van der Waals surface area (Å²) in [5.74, 6) is 0.844. The third-order valence-corrected chi connectivity index (χ3v) is 5.25. The summed E-state index contributed by atoms with van der Waals surface area (Å²) in [6, 6.07) is 17.2. The minimum atomic E-state index is -1.04. The number of nitrogens with one attached hydrogen (secondary N) is 1. The maximum atomic E-state index is 11.5. The number of aromatic nitrogens is 3. The summed E-state index contributed by atoms with van der Waals surface area (Å²) in [6.45, 7) is 0. The summed E-state index contributed by atoms with van der Waals surface area (Å²) in [7, 11) is 1.60. The van der Waals surface area contributed by atoms with Crippen LogP contribution in [0.1, 0.15) is 17.2 Å². The Labute approximate surface area is 166 Å². The number of nitrogens with zero attached hydrogens (tertiary/aromatic N) is 3. The van der Waals surface area contributed by atoms with Gasteiger partial charge in [-0.2, -0.15) is 4.98 Å². The largest absolute Gasteiger partial charge is 0.497 e. The third kappa shape index (κ3) is 3.72. The van der Waals surface area contributed by atoms with E-state index in [9.17, 15) is 9.90 Å². The number of anilines is 1. The fourth-order valence-electron chi connectivity index (χ4n) is 2.92. The lowest BCUT2D eigenvalue weighted by Crippen LogP contribution is -2.24. The lowest BCUT2D eigenvalue weighted by Gasteiger charge is -2.22. The number of hydrogen-bond donors (Lipinski definition) is 2. The summed E-state index contributed by atoms with van der Waals surface area (Å²) in [6.07, 6.45) is 1.64. The van der Waals surface area contributed by atoms with Crippen molar-refractivity contribution in [2.75, 3.05) is 12.4 Å².